The SMILES string of the molecule is CC(=O)N1CCC(Nc2cc(C(=O)CC[C@H](O)CN3CCc4nc(OCc5ocnc5C)ccc4C3)ncn2)CC1. The zero-order valence-electron chi connectivity index (χ0n) is 23.6. The molecule has 0 spiro atoms. The van der Waals surface area contributed by atoms with Crippen LogP contribution in [0.25, 0.3) is 0 Å². The Labute approximate surface area is 239 Å². The number of aliphatic hydroxyl groups excluding tert-OH is 1. The van der Waals surface area contributed by atoms with Crippen LogP contribution in [-0.4, -0.2) is 84.9 Å². The van der Waals surface area contributed by atoms with Gasteiger partial charge in [0.2, 0.25) is 11.8 Å². The van der Waals surface area contributed by atoms with Crippen LogP contribution >= 0.6 is 0 Å². The Hall–Kier alpha value is -3.90. The minimum Gasteiger partial charge on any atom is -0.469 e. The van der Waals surface area contributed by atoms with Gasteiger partial charge in [-0.25, -0.2) is 19.9 Å². The molecule has 218 valence electrons. The van der Waals surface area contributed by atoms with Gasteiger partial charge in [-0.15, -0.1) is 0 Å². The van der Waals surface area contributed by atoms with Gasteiger partial charge in [0.25, 0.3) is 0 Å². The first-order valence-electron chi connectivity index (χ1n) is 14.1. The van der Waals surface area contributed by atoms with Crippen molar-refractivity contribution in [1.82, 2.24) is 29.7 Å². The maximum atomic E-state index is 12.8. The number of piperidine rings is 1. The Morgan fingerprint density at radius 1 is 1.20 bits per heavy atom. The first kappa shape index (κ1) is 28.6. The molecular weight excluding hydrogens is 526 g/mol. The Bertz CT molecular complexity index is 1350. The number of rotatable bonds is 11. The molecule has 1 fully saturated rings. The summed E-state index contributed by atoms with van der Waals surface area (Å²) in [6.45, 7) is 7.08. The van der Waals surface area contributed by atoms with Gasteiger partial charge >= 0.3 is 0 Å². The number of hydrogen-bond donors (Lipinski definition) is 2. The molecule has 0 aromatic carbocycles. The van der Waals surface area contributed by atoms with Gasteiger partial charge in [0.1, 0.15) is 24.4 Å². The fourth-order valence-corrected chi connectivity index (χ4v) is 5.25. The number of amides is 1. The molecule has 0 bridgehead atoms. The molecule has 2 aliphatic rings. The number of aromatic nitrogens is 4. The Morgan fingerprint density at radius 2 is 2.02 bits per heavy atom. The summed E-state index contributed by atoms with van der Waals surface area (Å²) in [5.41, 5.74) is 3.24. The molecule has 12 heteroatoms. The fraction of sp³-hybridized carbons (Fsp3) is 0.517. The number of carbonyl (C=O) groups excluding carboxylic acids is 2. The number of carbonyl (C=O) groups is 2. The summed E-state index contributed by atoms with van der Waals surface area (Å²) in [4.78, 5) is 45.5. The summed E-state index contributed by atoms with van der Waals surface area (Å²) in [5, 5.41) is 14.1. The number of ether oxygens (including phenoxy) is 1. The first-order chi connectivity index (χ1) is 19.8. The second kappa shape index (κ2) is 13.2. The number of Topliss-reactive ketones (excluding diaryl/α,β-unsaturated/α-hetero) is 1. The van der Waals surface area contributed by atoms with Crippen LogP contribution in [0.1, 0.15) is 65.8 Å². The number of fused-ring (bicyclic) bond motifs is 1. The van der Waals surface area contributed by atoms with Gasteiger partial charge in [0, 0.05) is 70.7 Å². The molecule has 0 unspecified atom stereocenters. The Morgan fingerprint density at radius 3 is 2.78 bits per heavy atom. The van der Waals surface area contributed by atoms with Crippen LogP contribution in [0.5, 0.6) is 5.88 Å². The third kappa shape index (κ3) is 7.65. The Balaban J connectivity index is 1.05. The molecule has 0 saturated carbocycles. The van der Waals surface area contributed by atoms with E-state index >= 15 is 0 Å². The minimum atomic E-state index is -0.632. The van der Waals surface area contributed by atoms with Crippen LogP contribution < -0.4 is 10.1 Å². The van der Waals surface area contributed by atoms with Crippen molar-refractivity contribution in [3.63, 3.8) is 0 Å². The first-order valence-corrected chi connectivity index (χ1v) is 14.1. The van der Waals surface area contributed by atoms with E-state index in [1.807, 2.05) is 24.0 Å². The highest BCUT2D eigenvalue weighted by Crippen LogP contribution is 2.22. The van der Waals surface area contributed by atoms with E-state index < -0.39 is 6.10 Å². The van der Waals surface area contributed by atoms with Crippen LogP contribution in [0, 0.1) is 6.92 Å². The van der Waals surface area contributed by atoms with Crippen molar-refractivity contribution in [3.8, 4) is 5.88 Å². The van der Waals surface area contributed by atoms with Crippen molar-refractivity contribution < 1.29 is 23.8 Å². The predicted octanol–water partition coefficient (Wildman–Crippen LogP) is 2.55. The highest BCUT2D eigenvalue weighted by molar-refractivity contribution is 5.94. The van der Waals surface area contributed by atoms with E-state index in [2.05, 4.69) is 30.2 Å². The number of hydrogen-bond acceptors (Lipinski definition) is 11. The molecule has 5 heterocycles. The van der Waals surface area contributed by atoms with E-state index in [1.165, 1.54) is 12.7 Å². The average Bonchev–Trinajstić information content (AvgIpc) is 3.39. The number of nitrogens with one attached hydrogen (secondary N) is 1. The molecule has 1 atom stereocenters. The lowest BCUT2D eigenvalue weighted by Crippen LogP contribution is -2.41. The van der Waals surface area contributed by atoms with Crippen molar-refractivity contribution >= 4 is 17.5 Å². The van der Waals surface area contributed by atoms with Crippen LogP contribution in [0.4, 0.5) is 5.82 Å². The fourth-order valence-electron chi connectivity index (χ4n) is 5.25. The lowest BCUT2D eigenvalue weighted by atomic mass is 10.0. The van der Waals surface area contributed by atoms with Crippen molar-refractivity contribution in [2.45, 2.75) is 71.2 Å². The smallest absolute Gasteiger partial charge is 0.219 e. The summed E-state index contributed by atoms with van der Waals surface area (Å²) in [6.07, 6.45) is 5.12. The highest BCUT2D eigenvalue weighted by Gasteiger charge is 2.23. The van der Waals surface area contributed by atoms with Crippen LogP contribution in [0.3, 0.4) is 0 Å². The van der Waals surface area contributed by atoms with Gasteiger partial charge in [-0.1, -0.05) is 6.07 Å². The molecule has 5 rings (SSSR count). The number of aryl methyl sites for hydroxylation is 1. The number of nitrogens with zero attached hydrogens (tertiary/aromatic N) is 6. The third-order valence-electron chi connectivity index (χ3n) is 7.72. The molecule has 0 radical (unpaired) electrons. The summed E-state index contributed by atoms with van der Waals surface area (Å²) < 4.78 is 11.1. The predicted molar refractivity (Wildman–Crippen MR) is 149 cm³/mol. The molecule has 2 N–H and O–H groups in total. The molecule has 12 nitrogen and oxygen atoms in total. The summed E-state index contributed by atoms with van der Waals surface area (Å²) in [6, 6.07) is 5.73. The average molecular weight is 564 g/mol. The van der Waals surface area contributed by atoms with Crippen molar-refractivity contribution in [2.75, 3.05) is 31.5 Å². The van der Waals surface area contributed by atoms with E-state index in [4.69, 9.17) is 9.15 Å². The van der Waals surface area contributed by atoms with Crippen molar-refractivity contribution in [3.05, 3.63) is 59.3 Å². The molecule has 1 saturated heterocycles. The molecule has 3 aromatic rings. The largest absolute Gasteiger partial charge is 0.469 e. The number of β-amino-alcohol motifs (C(OH)–C–C–N with tert-alkyl or cyclic N) is 1. The molecule has 2 aliphatic heterocycles. The van der Waals surface area contributed by atoms with E-state index in [1.54, 1.807) is 13.0 Å². The number of likely N-dealkylation sites (tertiary alicyclic amines) is 1. The molecule has 0 aliphatic carbocycles. The minimum absolute atomic E-state index is 0.0950. The highest BCUT2D eigenvalue weighted by atomic mass is 16.5. The van der Waals surface area contributed by atoms with Gasteiger partial charge < -0.3 is 24.5 Å². The van der Waals surface area contributed by atoms with E-state index in [9.17, 15) is 14.7 Å². The normalized spacial score (nSPS) is 16.7. The quantitative estimate of drug-likeness (QED) is 0.332. The zero-order valence-corrected chi connectivity index (χ0v) is 23.6. The zero-order chi connectivity index (χ0) is 28.8. The second-order valence-corrected chi connectivity index (χ2v) is 10.7. The van der Waals surface area contributed by atoms with Crippen molar-refractivity contribution in [1.29, 1.82) is 0 Å². The van der Waals surface area contributed by atoms with E-state index in [0.717, 1.165) is 42.8 Å². The lowest BCUT2D eigenvalue weighted by Gasteiger charge is -2.31. The van der Waals surface area contributed by atoms with Gasteiger partial charge in [-0.3, -0.25) is 14.5 Å². The molecule has 3 aromatic heterocycles. The number of ketones is 1. The number of anilines is 1. The number of aliphatic hydroxyl groups is 1. The van der Waals surface area contributed by atoms with Crippen molar-refractivity contribution in [2.24, 2.45) is 0 Å². The number of oxazole rings is 1. The van der Waals surface area contributed by atoms with Gasteiger partial charge in [-0.05, 0) is 31.7 Å². The Kier molecular flexibility index (Phi) is 9.20. The molecular formula is C29H37N7O5. The summed E-state index contributed by atoms with van der Waals surface area (Å²) in [7, 11) is 0. The van der Waals surface area contributed by atoms with E-state index in [-0.39, 0.29) is 30.8 Å². The topological polar surface area (TPSA) is 147 Å². The standard InChI is InChI=1S/C29H37N7O5/c1-19-27(41-18-32-19)16-40-29-6-3-21-14-35(10-9-24(21)34-29)15-23(38)4-5-26(39)25-13-28(31-17-30-25)33-22-7-11-36(12-8-22)20(2)37/h3,6,13,17-18,22-23,38H,4-5,7-12,14-16H2,1-2H3,(H,30,31,33)/t23-/m0/s1. The lowest BCUT2D eigenvalue weighted by molar-refractivity contribution is -0.129. The third-order valence-corrected chi connectivity index (χ3v) is 7.72. The monoisotopic (exact) mass is 563 g/mol. The van der Waals surface area contributed by atoms with Crippen LogP contribution in [0.15, 0.2) is 35.3 Å². The van der Waals surface area contributed by atoms with Gasteiger partial charge in [0.15, 0.2) is 17.9 Å². The summed E-state index contributed by atoms with van der Waals surface area (Å²) >= 11 is 0. The molecule has 41 heavy (non-hydrogen) atoms. The number of pyridine rings is 1. The second-order valence-electron chi connectivity index (χ2n) is 10.7. The van der Waals surface area contributed by atoms with Gasteiger partial charge in [0.05, 0.1) is 17.5 Å². The summed E-state index contributed by atoms with van der Waals surface area (Å²) in [5.74, 6) is 1.81. The maximum Gasteiger partial charge on any atom is 0.219 e. The molecule has 1 amide bonds. The van der Waals surface area contributed by atoms with Crippen LogP contribution in [-0.2, 0) is 24.4 Å². The maximum absolute atomic E-state index is 12.8. The van der Waals surface area contributed by atoms with Crippen LogP contribution in [0.2, 0.25) is 0 Å². The van der Waals surface area contributed by atoms with E-state index in [0.29, 0.717) is 55.8 Å². The van der Waals surface area contributed by atoms with Gasteiger partial charge in [-0.2, -0.15) is 0 Å².